The Bertz CT molecular complexity index is 1430. The SMILES string of the molecule is CCN(CC)c1ccc(C2(Cc3ccc(OC)cc3)OC(c3ccccc3)=Nc3cc(N(C)C)ccc32)cc1. The maximum Gasteiger partial charge on any atom is 0.222 e. The average molecular weight is 520 g/mol. The van der Waals surface area contributed by atoms with Crippen LogP contribution < -0.4 is 14.5 Å². The Balaban J connectivity index is 1.72. The topological polar surface area (TPSA) is 37.3 Å². The van der Waals surface area contributed by atoms with E-state index in [0.717, 1.165) is 52.5 Å². The number of benzene rings is 4. The molecule has 1 aliphatic rings. The van der Waals surface area contributed by atoms with E-state index in [1.54, 1.807) is 7.11 Å². The molecule has 0 spiro atoms. The molecule has 39 heavy (non-hydrogen) atoms. The molecule has 1 heterocycles. The van der Waals surface area contributed by atoms with Crippen molar-refractivity contribution in [3.05, 3.63) is 119 Å². The van der Waals surface area contributed by atoms with Crippen molar-refractivity contribution in [1.29, 1.82) is 0 Å². The van der Waals surface area contributed by atoms with E-state index in [1.165, 1.54) is 5.69 Å². The van der Waals surface area contributed by atoms with Crippen LogP contribution in [0.5, 0.6) is 5.75 Å². The summed E-state index contributed by atoms with van der Waals surface area (Å²) < 4.78 is 12.5. The van der Waals surface area contributed by atoms with Crippen LogP contribution in [-0.4, -0.2) is 40.2 Å². The first-order valence-corrected chi connectivity index (χ1v) is 13.6. The largest absolute Gasteiger partial charge is 0.497 e. The number of anilines is 2. The Hall–Kier alpha value is -4.25. The van der Waals surface area contributed by atoms with Gasteiger partial charge in [0.15, 0.2) is 5.60 Å². The maximum absolute atomic E-state index is 7.08. The van der Waals surface area contributed by atoms with Crippen molar-refractivity contribution < 1.29 is 9.47 Å². The van der Waals surface area contributed by atoms with Crippen LogP contribution in [0, 0.1) is 0 Å². The molecule has 5 heteroatoms. The van der Waals surface area contributed by atoms with Crippen molar-refractivity contribution in [2.45, 2.75) is 25.9 Å². The Kier molecular flexibility index (Phi) is 7.60. The van der Waals surface area contributed by atoms with Crippen molar-refractivity contribution in [2.75, 3.05) is 44.1 Å². The summed E-state index contributed by atoms with van der Waals surface area (Å²) in [5, 5.41) is 0. The van der Waals surface area contributed by atoms with Gasteiger partial charge in [-0.25, -0.2) is 4.99 Å². The zero-order valence-corrected chi connectivity index (χ0v) is 23.5. The van der Waals surface area contributed by atoms with E-state index in [1.807, 2.05) is 30.3 Å². The zero-order valence-electron chi connectivity index (χ0n) is 23.5. The molecule has 200 valence electrons. The van der Waals surface area contributed by atoms with Crippen LogP contribution in [0.25, 0.3) is 0 Å². The van der Waals surface area contributed by atoms with Crippen LogP contribution in [0.3, 0.4) is 0 Å². The van der Waals surface area contributed by atoms with Gasteiger partial charge in [-0.2, -0.15) is 0 Å². The van der Waals surface area contributed by atoms with Gasteiger partial charge in [0.2, 0.25) is 5.90 Å². The molecule has 1 aliphatic heterocycles. The second-order valence-electron chi connectivity index (χ2n) is 10.1. The van der Waals surface area contributed by atoms with Gasteiger partial charge in [-0.3, -0.25) is 0 Å². The maximum atomic E-state index is 7.08. The lowest BCUT2D eigenvalue weighted by molar-refractivity contribution is 0.0937. The Morgan fingerprint density at radius 3 is 2.08 bits per heavy atom. The summed E-state index contributed by atoms with van der Waals surface area (Å²) in [4.78, 5) is 9.53. The molecule has 1 atom stereocenters. The Morgan fingerprint density at radius 1 is 0.795 bits per heavy atom. The first-order chi connectivity index (χ1) is 19.0. The van der Waals surface area contributed by atoms with E-state index in [-0.39, 0.29) is 0 Å². The number of nitrogens with zero attached hydrogens (tertiary/aromatic N) is 3. The highest BCUT2D eigenvalue weighted by atomic mass is 16.5. The van der Waals surface area contributed by atoms with Crippen LogP contribution in [0.2, 0.25) is 0 Å². The minimum Gasteiger partial charge on any atom is -0.497 e. The average Bonchev–Trinajstić information content (AvgIpc) is 2.98. The summed E-state index contributed by atoms with van der Waals surface area (Å²) in [5.74, 6) is 1.46. The quantitative estimate of drug-likeness (QED) is 0.234. The smallest absolute Gasteiger partial charge is 0.222 e. The van der Waals surface area contributed by atoms with Gasteiger partial charge in [0.1, 0.15) is 5.75 Å². The van der Waals surface area contributed by atoms with Crippen LogP contribution in [-0.2, 0) is 16.8 Å². The predicted octanol–water partition coefficient (Wildman–Crippen LogP) is 7.20. The second-order valence-corrected chi connectivity index (χ2v) is 10.1. The third-order valence-corrected chi connectivity index (χ3v) is 7.52. The van der Waals surface area contributed by atoms with Gasteiger partial charge in [0.05, 0.1) is 12.8 Å². The van der Waals surface area contributed by atoms with Crippen molar-refractivity contribution in [3.8, 4) is 5.75 Å². The van der Waals surface area contributed by atoms with Gasteiger partial charge < -0.3 is 19.3 Å². The van der Waals surface area contributed by atoms with Crippen molar-refractivity contribution in [2.24, 2.45) is 4.99 Å². The Morgan fingerprint density at radius 2 is 1.46 bits per heavy atom. The lowest BCUT2D eigenvalue weighted by atomic mass is 9.79. The van der Waals surface area contributed by atoms with E-state index >= 15 is 0 Å². The summed E-state index contributed by atoms with van der Waals surface area (Å²) in [6.07, 6.45) is 0.641. The lowest BCUT2D eigenvalue weighted by Gasteiger charge is -2.40. The molecular weight excluding hydrogens is 482 g/mol. The number of fused-ring (bicyclic) bond motifs is 1. The van der Waals surface area contributed by atoms with E-state index in [4.69, 9.17) is 14.5 Å². The number of methoxy groups -OCH3 is 1. The predicted molar refractivity (Wildman–Crippen MR) is 162 cm³/mol. The van der Waals surface area contributed by atoms with Gasteiger partial charge in [-0.05, 0) is 67.9 Å². The molecule has 5 nitrogen and oxygen atoms in total. The van der Waals surface area contributed by atoms with Crippen molar-refractivity contribution >= 4 is 23.0 Å². The molecule has 0 radical (unpaired) electrons. The fourth-order valence-electron chi connectivity index (χ4n) is 5.30. The number of aliphatic imine (C=N–C) groups is 1. The van der Waals surface area contributed by atoms with E-state index in [9.17, 15) is 0 Å². The molecular formula is C34H37N3O2. The van der Waals surface area contributed by atoms with Crippen LogP contribution in [0.4, 0.5) is 17.1 Å². The molecule has 0 amide bonds. The fourth-order valence-corrected chi connectivity index (χ4v) is 5.30. The lowest BCUT2D eigenvalue weighted by Crippen LogP contribution is -2.39. The number of hydrogen-bond acceptors (Lipinski definition) is 5. The molecule has 0 fully saturated rings. The van der Waals surface area contributed by atoms with Crippen LogP contribution in [0.15, 0.2) is 102 Å². The molecule has 0 bridgehead atoms. The first kappa shape index (κ1) is 26.4. The molecule has 0 saturated heterocycles. The highest BCUT2D eigenvalue weighted by Gasteiger charge is 2.43. The van der Waals surface area contributed by atoms with Gasteiger partial charge in [-0.15, -0.1) is 0 Å². The first-order valence-electron chi connectivity index (χ1n) is 13.6. The highest BCUT2D eigenvalue weighted by Crippen LogP contribution is 2.47. The van der Waals surface area contributed by atoms with E-state index < -0.39 is 5.60 Å². The third-order valence-electron chi connectivity index (χ3n) is 7.52. The van der Waals surface area contributed by atoms with E-state index in [0.29, 0.717) is 12.3 Å². The van der Waals surface area contributed by atoms with E-state index in [2.05, 4.69) is 104 Å². The van der Waals surface area contributed by atoms with Gasteiger partial charge >= 0.3 is 0 Å². The molecule has 1 unspecified atom stereocenters. The summed E-state index contributed by atoms with van der Waals surface area (Å²) in [6.45, 7) is 6.30. The molecule has 0 saturated carbocycles. The molecule has 4 aromatic rings. The second kappa shape index (κ2) is 11.2. The Labute approximate surface area is 232 Å². The van der Waals surface area contributed by atoms with Crippen LogP contribution in [0.1, 0.15) is 36.1 Å². The summed E-state index contributed by atoms with van der Waals surface area (Å²) in [5.41, 5.74) is 6.71. The normalized spacial score (nSPS) is 16.1. The number of rotatable bonds is 9. The van der Waals surface area contributed by atoms with Gasteiger partial charge in [-0.1, -0.05) is 48.5 Å². The molecule has 0 aliphatic carbocycles. The van der Waals surface area contributed by atoms with Crippen molar-refractivity contribution in [3.63, 3.8) is 0 Å². The third kappa shape index (κ3) is 5.22. The number of hydrogen-bond donors (Lipinski definition) is 0. The molecule has 4 aromatic carbocycles. The molecule has 0 N–H and O–H groups in total. The van der Waals surface area contributed by atoms with Crippen molar-refractivity contribution in [1.82, 2.24) is 0 Å². The summed E-state index contributed by atoms with van der Waals surface area (Å²) in [7, 11) is 5.80. The minimum absolute atomic E-state index is 0.625. The zero-order chi connectivity index (χ0) is 27.4. The van der Waals surface area contributed by atoms with Gasteiger partial charge in [0, 0.05) is 61.7 Å². The number of ether oxygens (including phenoxy) is 2. The minimum atomic E-state index is -0.774. The summed E-state index contributed by atoms with van der Waals surface area (Å²) >= 11 is 0. The summed E-state index contributed by atoms with van der Waals surface area (Å²) in [6, 6.07) is 33.8. The highest BCUT2D eigenvalue weighted by molar-refractivity contribution is 5.98. The molecule has 5 rings (SSSR count). The molecule has 0 aromatic heterocycles. The van der Waals surface area contributed by atoms with Gasteiger partial charge in [0.25, 0.3) is 0 Å². The van der Waals surface area contributed by atoms with Crippen LogP contribution >= 0.6 is 0 Å². The fraction of sp³-hybridized carbons (Fsp3) is 0.265. The monoisotopic (exact) mass is 519 g/mol. The standard InChI is InChI=1S/C34H37N3O2/c1-6-37(7-2)28-17-15-27(16-18-28)34(24-25-13-20-30(38-5)21-14-25)31-22-19-29(36(3)4)23-32(31)35-33(39-34)26-11-9-8-10-12-26/h8-23H,6-7,24H2,1-5H3.